The van der Waals surface area contributed by atoms with Crippen molar-refractivity contribution >= 4 is 11.9 Å². The zero-order valence-electron chi connectivity index (χ0n) is 10.4. The van der Waals surface area contributed by atoms with Crippen LogP contribution in [0.5, 0.6) is 0 Å². The summed E-state index contributed by atoms with van der Waals surface area (Å²) in [7, 11) is 0. The first-order valence-electron chi connectivity index (χ1n) is 5.95. The molecule has 0 aromatic rings. The van der Waals surface area contributed by atoms with E-state index in [0.717, 1.165) is 0 Å². The number of amides is 3. The molecule has 98 valence electrons. The van der Waals surface area contributed by atoms with Gasteiger partial charge < -0.3 is 10.4 Å². The van der Waals surface area contributed by atoms with Crippen LogP contribution < -0.4 is 10.6 Å². The molecular formula is C11H21N3O3. The fourth-order valence-corrected chi connectivity index (χ4v) is 1.67. The summed E-state index contributed by atoms with van der Waals surface area (Å²) in [5.74, 6) is 0.0185. The van der Waals surface area contributed by atoms with E-state index in [1.807, 2.05) is 18.7 Å². The molecule has 0 saturated carbocycles. The molecule has 0 bridgehead atoms. The van der Waals surface area contributed by atoms with Gasteiger partial charge in [-0.15, -0.1) is 0 Å². The van der Waals surface area contributed by atoms with Crippen LogP contribution in [0.2, 0.25) is 0 Å². The minimum Gasteiger partial charge on any atom is -0.392 e. The van der Waals surface area contributed by atoms with Crippen molar-refractivity contribution in [3.63, 3.8) is 0 Å². The van der Waals surface area contributed by atoms with Gasteiger partial charge in [-0.05, 0) is 12.3 Å². The summed E-state index contributed by atoms with van der Waals surface area (Å²) in [5.41, 5.74) is 0. The van der Waals surface area contributed by atoms with E-state index in [1.165, 1.54) is 0 Å². The van der Waals surface area contributed by atoms with Gasteiger partial charge in [-0.2, -0.15) is 0 Å². The molecule has 1 aliphatic rings. The third-order valence-corrected chi connectivity index (χ3v) is 2.54. The largest absolute Gasteiger partial charge is 0.392 e. The molecule has 1 saturated heterocycles. The molecular weight excluding hydrogens is 222 g/mol. The van der Waals surface area contributed by atoms with Crippen molar-refractivity contribution in [2.75, 3.05) is 26.2 Å². The van der Waals surface area contributed by atoms with Gasteiger partial charge >= 0.3 is 6.03 Å². The topological polar surface area (TPSA) is 81.7 Å². The molecule has 1 fully saturated rings. The lowest BCUT2D eigenvalue weighted by Crippen LogP contribution is -2.45. The summed E-state index contributed by atoms with van der Waals surface area (Å²) >= 11 is 0. The molecule has 1 aliphatic heterocycles. The quantitative estimate of drug-likeness (QED) is 0.624. The Labute approximate surface area is 101 Å². The average Bonchev–Trinajstić information content (AvgIpc) is 2.60. The Bertz CT molecular complexity index is 281. The van der Waals surface area contributed by atoms with Crippen molar-refractivity contribution in [3.8, 4) is 0 Å². The Hall–Kier alpha value is -1.14. The Balaban J connectivity index is 2.18. The lowest BCUT2D eigenvalue weighted by molar-refractivity contribution is -0.121. The standard InChI is InChI=1S/C11H21N3O3/c1-8(2)5-12-11(17)13-10(16)7-14-4-3-9(15)6-14/h8-9,15H,3-7H2,1-2H3,(H2,12,13,16,17)/t9-/m0/s1. The van der Waals surface area contributed by atoms with E-state index in [0.29, 0.717) is 32.0 Å². The molecule has 6 heteroatoms. The molecule has 3 N–H and O–H groups in total. The number of β-amino-alcohol motifs (C(OH)–C–C–N with tert-alkyl or cyclic N) is 1. The number of nitrogens with zero attached hydrogens (tertiary/aromatic N) is 1. The first-order valence-corrected chi connectivity index (χ1v) is 5.95. The monoisotopic (exact) mass is 243 g/mol. The maximum absolute atomic E-state index is 11.5. The van der Waals surface area contributed by atoms with Crippen molar-refractivity contribution < 1.29 is 14.7 Å². The summed E-state index contributed by atoms with van der Waals surface area (Å²) < 4.78 is 0. The summed E-state index contributed by atoms with van der Waals surface area (Å²) in [6.07, 6.45) is 0.338. The molecule has 1 heterocycles. The predicted octanol–water partition coefficient (Wildman–Crippen LogP) is -0.465. The molecule has 0 aromatic carbocycles. The van der Waals surface area contributed by atoms with Crippen molar-refractivity contribution in [2.45, 2.75) is 26.4 Å². The van der Waals surface area contributed by atoms with Gasteiger partial charge in [0.1, 0.15) is 0 Å². The zero-order valence-corrected chi connectivity index (χ0v) is 10.4. The number of urea groups is 1. The Morgan fingerprint density at radius 1 is 1.47 bits per heavy atom. The van der Waals surface area contributed by atoms with Crippen LogP contribution in [0.15, 0.2) is 0 Å². The molecule has 0 aromatic heterocycles. The second kappa shape index (κ2) is 6.56. The van der Waals surface area contributed by atoms with E-state index in [-0.39, 0.29) is 18.6 Å². The van der Waals surface area contributed by atoms with Crippen LogP contribution in [0.4, 0.5) is 4.79 Å². The minimum atomic E-state index is -0.455. The summed E-state index contributed by atoms with van der Waals surface area (Å²) in [4.78, 5) is 24.6. The second-order valence-corrected chi connectivity index (χ2v) is 4.83. The molecule has 0 unspecified atom stereocenters. The number of aliphatic hydroxyl groups is 1. The number of hydrogen-bond acceptors (Lipinski definition) is 4. The van der Waals surface area contributed by atoms with Crippen molar-refractivity contribution in [1.29, 1.82) is 0 Å². The Morgan fingerprint density at radius 2 is 2.18 bits per heavy atom. The van der Waals surface area contributed by atoms with Crippen LogP contribution in [0.25, 0.3) is 0 Å². The van der Waals surface area contributed by atoms with E-state index >= 15 is 0 Å². The van der Waals surface area contributed by atoms with E-state index in [2.05, 4.69) is 10.6 Å². The van der Waals surface area contributed by atoms with Gasteiger partial charge in [-0.3, -0.25) is 15.0 Å². The van der Waals surface area contributed by atoms with Crippen LogP contribution >= 0.6 is 0 Å². The Morgan fingerprint density at radius 3 is 2.71 bits per heavy atom. The highest BCUT2D eigenvalue weighted by Crippen LogP contribution is 2.07. The van der Waals surface area contributed by atoms with Gasteiger partial charge in [-0.1, -0.05) is 13.8 Å². The molecule has 0 radical (unpaired) electrons. The average molecular weight is 243 g/mol. The molecule has 0 spiro atoms. The van der Waals surface area contributed by atoms with Gasteiger partial charge in [0.2, 0.25) is 5.91 Å². The molecule has 0 aliphatic carbocycles. The van der Waals surface area contributed by atoms with Gasteiger partial charge in [-0.25, -0.2) is 4.79 Å². The smallest absolute Gasteiger partial charge is 0.321 e. The van der Waals surface area contributed by atoms with Crippen molar-refractivity contribution in [2.24, 2.45) is 5.92 Å². The zero-order chi connectivity index (χ0) is 12.8. The van der Waals surface area contributed by atoms with Gasteiger partial charge in [0.15, 0.2) is 0 Å². The van der Waals surface area contributed by atoms with Gasteiger partial charge in [0.25, 0.3) is 0 Å². The molecule has 17 heavy (non-hydrogen) atoms. The number of imide groups is 1. The number of likely N-dealkylation sites (tertiary alicyclic amines) is 1. The summed E-state index contributed by atoms with van der Waals surface area (Å²) in [5, 5.41) is 14.2. The van der Waals surface area contributed by atoms with E-state index in [9.17, 15) is 14.7 Å². The van der Waals surface area contributed by atoms with Crippen molar-refractivity contribution in [1.82, 2.24) is 15.5 Å². The van der Waals surface area contributed by atoms with Crippen LogP contribution in [-0.4, -0.2) is 54.2 Å². The Kier molecular flexibility index (Phi) is 5.37. The number of rotatable bonds is 4. The van der Waals surface area contributed by atoms with Gasteiger partial charge in [0, 0.05) is 19.6 Å². The van der Waals surface area contributed by atoms with Gasteiger partial charge in [0.05, 0.1) is 12.6 Å². The molecule has 1 rings (SSSR count). The highest BCUT2D eigenvalue weighted by molar-refractivity contribution is 5.95. The van der Waals surface area contributed by atoms with Crippen LogP contribution in [-0.2, 0) is 4.79 Å². The molecule has 3 amide bonds. The second-order valence-electron chi connectivity index (χ2n) is 4.83. The predicted molar refractivity (Wildman–Crippen MR) is 63.4 cm³/mol. The van der Waals surface area contributed by atoms with Crippen LogP contribution in [0, 0.1) is 5.92 Å². The minimum absolute atomic E-state index is 0.159. The van der Waals surface area contributed by atoms with Crippen LogP contribution in [0.1, 0.15) is 20.3 Å². The maximum Gasteiger partial charge on any atom is 0.321 e. The third-order valence-electron chi connectivity index (χ3n) is 2.54. The number of aliphatic hydroxyl groups excluding tert-OH is 1. The maximum atomic E-state index is 11.5. The number of hydrogen-bond donors (Lipinski definition) is 3. The summed E-state index contributed by atoms with van der Waals surface area (Å²) in [6, 6.07) is -0.455. The first-order chi connectivity index (χ1) is 7.97. The number of carbonyl (C=O) groups excluding carboxylic acids is 2. The number of carbonyl (C=O) groups is 2. The van der Waals surface area contributed by atoms with Crippen molar-refractivity contribution in [3.05, 3.63) is 0 Å². The third kappa shape index (κ3) is 5.65. The van der Waals surface area contributed by atoms with Crippen LogP contribution in [0.3, 0.4) is 0 Å². The first kappa shape index (κ1) is 13.9. The normalized spacial score (nSPS) is 20.6. The fourth-order valence-electron chi connectivity index (χ4n) is 1.67. The van der Waals surface area contributed by atoms with E-state index in [4.69, 9.17) is 0 Å². The van der Waals surface area contributed by atoms with E-state index in [1.54, 1.807) is 0 Å². The fraction of sp³-hybridized carbons (Fsp3) is 0.818. The highest BCUT2D eigenvalue weighted by Gasteiger charge is 2.22. The lowest BCUT2D eigenvalue weighted by atomic mass is 10.2. The molecule has 1 atom stereocenters. The lowest BCUT2D eigenvalue weighted by Gasteiger charge is -2.14. The number of nitrogens with one attached hydrogen (secondary N) is 2. The van der Waals surface area contributed by atoms with E-state index < -0.39 is 6.03 Å². The molecule has 6 nitrogen and oxygen atoms in total. The SMILES string of the molecule is CC(C)CNC(=O)NC(=O)CN1CC[C@H](O)C1. The summed E-state index contributed by atoms with van der Waals surface area (Å²) in [6.45, 7) is 5.86. The highest BCUT2D eigenvalue weighted by atomic mass is 16.3.